The molecule has 2 amide bonds. The molecule has 0 bridgehead atoms. The van der Waals surface area contributed by atoms with Crippen molar-refractivity contribution in [1.29, 1.82) is 0 Å². The van der Waals surface area contributed by atoms with Crippen LogP contribution >= 0.6 is 15.9 Å². The van der Waals surface area contributed by atoms with Crippen LogP contribution in [0.5, 0.6) is 0 Å². The van der Waals surface area contributed by atoms with Crippen molar-refractivity contribution in [1.82, 2.24) is 10.2 Å². The number of nitrogens with two attached hydrogens (primary N) is 1. The molecule has 1 aromatic carbocycles. The van der Waals surface area contributed by atoms with Crippen molar-refractivity contribution in [3.05, 3.63) is 34.3 Å². The van der Waals surface area contributed by atoms with Gasteiger partial charge >= 0.3 is 0 Å². The molecule has 5 nitrogen and oxygen atoms in total. The van der Waals surface area contributed by atoms with E-state index in [1.54, 1.807) is 11.9 Å². The van der Waals surface area contributed by atoms with Gasteiger partial charge < -0.3 is 16.0 Å². The molecule has 0 aliphatic heterocycles. The predicted octanol–water partition coefficient (Wildman–Crippen LogP) is 1.41. The fourth-order valence-corrected chi connectivity index (χ4v) is 2.39. The maximum absolute atomic E-state index is 12.0. The second-order valence-corrected chi connectivity index (χ2v) is 6.36. The summed E-state index contributed by atoms with van der Waals surface area (Å²) in [6, 6.07) is 7.80. The largest absolute Gasteiger partial charge is 0.354 e. The summed E-state index contributed by atoms with van der Waals surface area (Å²) in [6.45, 7) is 0.867. The maximum atomic E-state index is 12.0. The summed E-state index contributed by atoms with van der Waals surface area (Å²) in [7, 11) is 1.76. The zero-order chi connectivity index (χ0) is 15.5. The first kappa shape index (κ1) is 16.0. The highest BCUT2D eigenvalue weighted by atomic mass is 79.9. The second-order valence-electron chi connectivity index (χ2n) is 5.50. The normalized spacial score (nSPS) is 15.4. The van der Waals surface area contributed by atoms with Crippen molar-refractivity contribution in [3.8, 4) is 0 Å². The van der Waals surface area contributed by atoms with Crippen LogP contribution in [-0.2, 0) is 16.1 Å². The van der Waals surface area contributed by atoms with Gasteiger partial charge in [-0.2, -0.15) is 0 Å². The summed E-state index contributed by atoms with van der Waals surface area (Å²) >= 11 is 3.47. The third kappa shape index (κ3) is 4.28. The molecule has 21 heavy (non-hydrogen) atoms. The average molecular weight is 354 g/mol. The van der Waals surface area contributed by atoms with Gasteiger partial charge in [-0.25, -0.2) is 0 Å². The van der Waals surface area contributed by atoms with Gasteiger partial charge in [0, 0.05) is 31.0 Å². The highest BCUT2D eigenvalue weighted by Gasteiger charge is 2.45. The number of nitrogens with one attached hydrogen (secondary N) is 1. The molecule has 3 N–H and O–H groups in total. The monoisotopic (exact) mass is 353 g/mol. The zero-order valence-corrected chi connectivity index (χ0v) is 13.6. The Hall–Kier alpha value is -1.40. The molecule has 1 saturated carbocycles. The van der Waals surface area contributed by atoms with Crippen molar-refractivity contribution in [2.24, 2.45) is 5.73 Å². The van der Waals surface area contributed by atoms with Gasteiger partial charge in [-0.05, 0) is 24.5 Å². The lowest BCUT2D eigenvalue weighted by Gasteiger charge is -2.18. The second kappa shape index (κ2) is 6.58. The van der Waals surface area contributed by atoms with E-state index in [1.807, 2.05) is 24.3 Å². The van der Waals surface area contributed by atoms with Crippen LogP contribution < -0.4 is 11.1 Å². The molecule has 114 valence electrons. The third-order valence-corrected chi connectivity index (χ3v) is 4.43. The smallest absolute Gasteiger partial charge is 0.240 e. The molecule has 1 fully saturated rings. The lowest BCUT2D eigenvalue weighted by molar-refractivity contribution is -0.130. The van der Waals surface area contributed by atoms with E-state index < -0.39 is 5.54 Å². The fourth-order valence-electron chi connectivity index (χ4n) is 1.98. The van der Waals surface area contributed by atoms with E-state index in [9.17, 15) is 9.59 Å². The van der Waals surface area contributed by atoms with Crippen molar-refractivity contribution in [3.63, 3.8) is 0 Å². The summed E-state index contributed by atoms with van der Waals surface area (Å²) < 4.78 is 0.983. The summed E-state index contributed by atoms with van der Waals surface area (Å²) in [5.41, 5.74) is 6.15. The Morgan fingerprint density at radius 2 is 2.05 bits per heavy atom. The summed E-state index contributed by atoms with van der Waals surface area (Å²) in [6.07, 6.45) is 1.74. The number of hydrogen-bond donors (Lipinski definition) is 2. The van der Waals surface area contributed by atoms with Crippen LogP contribution in [0, 0.1) is 0 Å². The molecule has 2 rings (SSSR count). The highest BCUT2D eigenvalue weighted by molar-refractivity contribution is 9.10. The SMILES string of the molecule is CN(Cc1ccccc1Br)C(=O)CCNC(=O)C1(N)CC1. The summed E-state index contributed by atoms with van der Waals surface area (Å²) in [4.78, 5) is 25.3. The number of carbonyl (C=O) groups excluding carboxylic acids is 2. The maximum Gasteiger partial charge on any atom is 0.240 e. The van der Waals surface area contributed by atoms with Gasteiger partial charge in [-0.15, -0.1) is 0 Å². The number of hydrogen-bond acceptors (Lipinski definition) is 3. The first-order valence-corrected chi connectivity index (χ1v) is 7.76. The Morgan fingerprint density at radius 3 is 2.67 bits per heavy atom. The van der Waals surface area contributed by atoms with Gasteiger partial charge in [-0.3, -0.25) is 9.59 Å². The Labute approximate surface area is 133 Å². The topological polar surface area (TPSA) is 75.4 Å². The molecule has 0 aromatic heterocycles. The van der Waals surface area contributed by atoms with Crippen LogP contribution in [-0.4, -0.2) is 35.8 Å². The molecular weight excluding hydrogens is 334 g/mol. The van der Waals surface area contributed by atoms with E-state index in [0.29, 0.717) is 13.1 Å². The van der Waals surface area contributed by atoms with E-state index in [4.69, 9.17) is 5.73 Å². The minimum Gasteiger partial charge on any atom is -0.354 e. The molecule has 0 unspecified atom stereocenters. The number of rotatable bonds is 6. The van der Waals surface area contributed by atoms with Crippen molar-refractivity contribution in [2.45, 2.75) is 31.3 Å². The number of nitrogens with zero attached hydrogens (tertiary/aromatic N) is 1. The Morgan fingerprint density at radius 1 is 1.38 bits per heavy atom. The van der Waals surface area contributed by atoms with E-state index in [2.05, 4.69) is 21.2 Å². The van der Waals surface area contributed by atoms with Crippen molar-refractivity contribution < 1.29 is 9.59 Å². The van der Waals surface area contributed by atoms with Crippen LogP contribution in [0.15, 0.2) is 28.7 Å². The molecule has 1 aliphatic carbocycles. The molecular formula is C15H20BrN3O2. The number of amides is 2. The van der Waals surface area contributed by atoms with E-state index in [0.717, 1.165) is 22.9 Å². The molecule has 1 aliphatic rings. The zero-order valence-electron chi connectivity index (χ0n) is 12.1. The van der Waals surface area contributed by atoms with Gasteiger partial charge in [0.25, 0.3) is 0 Å². The van der Waals surface area contributed by atoms with Gasteiger partial charge in [0.1, 0.15) is 0 Å². The van der Waals surface area contributed by atoms with Crippen LogP contribution in [0.3, 0.4) is 0 Å². The predicted molar refractivity (Wildman–Crippen MR) is 84.4 cm³/mol. The van der Waals surface area contributed by atoms with Crippen LogP contribution in [0.25, 0.3) is 0 Å². The number of benzene rings is 1. The Kier molecular flexibility index (Phi) is 5.00. The first-order valence-electron chi connectivity index (χ1n) is 6.97. The summed E-state index contributed by atoms with van der Waals surface area (Å²) in [5, 5.41) is 2.73. The van der Waals surface area contributed by atoms with Crippen LogP contribution in [0.4, 0.5) is 0 Å². The lowest BCUT2D eigenvalue weighted by atomic mass is 10.2. The van der Waals surface area contributed by atoms with Gasteiger partial charge in [0.15, 0.2) is 0 Å². The van der Waals surface area contributed by atoms with E-state index in [1.165, 1.54) is 0 Å². The molecule has 0 heterocycles. The van der Waals surface area contributed by atoms with Gasteiger partial charge in [0.2, 0.25) is 11.8 Å². The Balaban J connectivity index is 1.75. The van der Waals surface area contributed by atoms with E-state index >= 15 is 0 Å². The molecule has 0 radical (unpaired) electrons. The third-order valence-electron chi connectivity index (χ3n) is 3.66. The molecule has 6 heteroatoms. The minimum atomic E-state index is -0.677. The fraction of sp³-hybridized carbons (Fsp3) is 0.467. The average Bonchev–Trinajstić information content (AvgIpc) is 3.20. The minimum absolute atomic E-state index is 0.00655. The Bertz CT molecular complexity index is 543. The highest BCUT2D eigenvalue weighted by Crippen LogP contribution is 2.31. The van der Waals surface area contributed by atoms with Crippen molar-refractivity contribution >= 4 is 27.7 Å². The van der Waals surface area contributed by atoms with Gasteiger partial charge in [0.05, 0.1) is 5.54 Å². The molecule has 0 saturated heterocycles. The van der Waals surface area contributed by atoms with Crippen molar-refractivity contribution in [2.75, 3.05) is 13.6 Å². The standard InChI is InChI=1S/C15H20BrN3O2/c1-19(10-11-4-2-3-5-12(11)16)13(20)6-9-18-14(21)15(17)7-8-15/h2-5H,6-10,17H2,1H3,(H,18,21). The quantitative estimate of drug-likeness (QED) is 0.811. The summed E-state index contributed by atoms with van der Waals surface area (Å²) in [5.74, 6) is -0.156. The molecule has 1 aromatic rings. The molecule has 0 spiro atoms. The first-order chi connectivity index (χ1) is 9.92. The lowest BCUT2D eigenvalue weighted by Crippen LogP contribution is -2.43. The number of carbonyl (C=O) groups is 2. The number of halogens is 1. The van der Waals surface area contributed by atoms with Crippen LogP contribution in [0.1, 0.15) is 24.8 Å². The molecule has 0 atom stereocenters. The van der Waals surface area contributed by atoms with E-state index in [-0.39, 0.29) is 18.2 Å². The van der Waals surface area contributed by atoms with Gasteiger partial charge in [-0.1, -0.05) is 34.1 Å². The van der Waals surface area contributed by atoms with Crippen LogP contribution in [0.2, 0.25) is 0 Å².